The molecule has 5 heteroatoms. The summed E-state index contributed by atoms with van der Waals surface area (Å²) in [5, 5.41) is 32.6. The molecule has 0 aliphatic rings. The number of carbonyl (C=O) groups is 1. The number of amides is 1. The third-order valence-corrected chi connectivity index (χ3v) is 6.23. The van der Waals surface area contributed by atoms with Gasteiger partial charge in [0.15, 0.2) is 0 Å². The van der Waals surface area contributed by atoms with Gasteiger partial charge in [0.25, 0.3) is 0 Å². The van der Waals surface area contributed by atoms with Crippen LogP contribution in [-0.4, -0.2) is 46.1 Å². The maximum absolute atomic E-state index is 12.2. The van der Waals surface area contributed by atoms with Crippen molar-refractivity contribution in [3.05, 3.63) is 24.3 Å². The van der Waals surface area contributed by atoms with E-state index in [-0.39, 0.29) is 18.9 Å². The molecule has 0 saturated heterocycles. The van der Waals surface area contributed by atoms with Gasteiger partial charge in [-0.2, -0.15) is 0 Å². The predicted octanol–water partition coefficient (Wildman–Crippen LogP) is 6.36. The Bertz CT molecular complexity index is 506. The molecule has 200 valence electrons. The predicted molar refractivity (Wildman–Crippen MR) is 144 cm³/mol. The molecule has 0 spiro atoms. The fraction of sp³-hybridized carbons (Fsp3) is 0.828. The normalized spacial score (nSPS) is 14.6. The Morgan fingerprint density at radius 2 is 1.26 bits per heavy atom. The van der Waals surface area contributed by atoms with Crippen molar-refractivity contribution in [2.45, 2.75) is 148 Å². The molecule has 0 radical (unpaired) electrons. The van der Waals surface area contributed by atoms with Gasteiger partial charge in [-0.3, -0.25) is 4.79 Å². The third-order valence-electron chi connectivity index (χ3n) is 6.23. The van der Waals surface area contributed by atoms with Crippen molar-refractivity contribution < 1.29 is 20.1 Å². The van der Waals surface area contributed by atoms with Crippen LogP contribution in [0, 0.1) is 0 Å². The van der Waals surface area contributed by atoms with Crippen molar-refractivity contribution in [1.29, 1.82) is 0 Å². The van der Waals surface area contributed by atoms with Crippen LogP contribution in [0.2, 0.25) is 0 Å². The Labute approximate surface area is 210 Å². The summed E-state index contributed by atoms with van der Waals surface area (Å²) in [6.45, 7) is 4.09. The number of carbonyl (C=O) groups excluding carboxylic acids is 1. The number of aliphatic hydroxyl groups is 3. The van der Waals surface area contributed by atoms with Crippen LogP contribution in [0.4, 0.5) is 0 Å². The first-order valence-electron chi connectivity index (χ1n) is 14.1. The standard InChI is InChI=1S/C29H55NO4/c1-3-5-7-9-11-13-15-17-19-21-23-28(33)27(25-31)30-29(34)24-26(32)22-20-18-16-14-12-10-8-6-4-2/h10,12,21,23,26-28,31-33H,3-9,11,13-20,22,24-25H2,1-2H3,(H,30,34)/b12-10-,23-21+. The number of rotatable bonds is 24. The Morgan fingerprint density at radius 1 is 0.735 bits per heavy atom. The van der Waals surface area contributed by atoms with E-state index >= 15 is 0 Å². The lowest BCUT2D eigenvalue weighted by Crippen LogP contribution is -2.45. The Morgan fingerprint density at radius 3 is 1.88 bits per heavy atom. The summed E-state index contributed by atoms with van der Waals surface area (Å²) >= 11 is 0. The zero-order chi connectivity index (χ0) is 25.3. The first-order chi connectivity index (χ1) is 16.5. The molecule has 0 aromatic carbocycles. The second-order valence-electron chi connectivity index (χ2n) is 9.65. The van der Waals surface area contributed by atoms with E-state index in [4.69, 9.17) is 0 Å². The summed E-state index contributed by atoms with van der Waals surface area (Å²) in [7, 11) is 0. The first kappa shape index (κ1) is 32.8. The van der Waals surface area contributed by atoms with Crippen LogP contribution < -0.4 is 5.32 Å². The number of allylic oxidation sites excluding steroid dienone is 3. The monoisotopic (exact) mass is 481 g/mol. The molecule has 0 aliphatic heterocycles. The molecule has 0 fully saturated rings. The fourth-order valence-corrected chi connectivity index (χ4v) is 3.96. The highest BCUT2D eigenvalue weighted by molar-refractivity contribution is 5.76. The van der Waals surface area contributed by atoms with E-state index in [2.05, 4.69) is 31.3 Å². The van der Waals surface area contributed by atoms with Crippen molar-refractivity contribution in [2.75, 3.05) is 6.61 Å². The van der Waals surface area contributed by atoms with Crippen LogP contribution in [0.25, 0.3) is 0 Å². The van der Waals surface area contributed by atoms with Crippen LogP contribution in [0.1, 0.15) is 129 Å². The molecule has 0 saturated carbocycles. The van der Waals surface area contributed by atoms with Gasteiger partial charge in [0, 0.05) is 0 Å². The highest BCUT2D eigenvalue weighted by atomic mass is 16.3. The van der Waals surface area contributed by atoms with Gasteiger partial charge in [-0.25, -0.2) is 0 Å². The summed E-state index contributed by atoms with van der Waals surface area (Å²) in [4.78, 5) is 12.2. The highest BCUT2D eigenvalue weighted by Crippen LogP contribution is 2.11. The summed E-state index contributed by atoms with van der Waals surface area (Å²) < 4.78 is 0. The van der Waals surface area contributed by atoms with Crippen LogP contribution >= 0.6 is 0 Å². The lowest BCUT2D eigenvalue weighted by Gasteiger charge is -2.21. The van der Waals surface area contributed by atoms with Gasteiger partial charge in [-0.05, 0) is 38.5 Å². The fourth-order valence-electron chi connectivity index (χ4n) is 3.96. The van der Waals surface area contributed by atoms with Crippen molar-refractivity contribution in [3.8, 4) is 0 Å². The number of nitrogens with one attached hydrogen (secondary N) is 1. The van der Waals surface area contributed by atoms with Crippen molar-refractivity contribution >= 4 is 5.91 Å². The van der Waals surface area contributed by atoms with E-state index in [0.29, 0.717) is 6.42 Å². The van der Waals surface area contributed by atoms with Gasteiger partial charge < -0.3 is 20.6 Å². The quantitative estimate of drug-likeness (QED) is 0.0954. The molecule has 3 unspecified atom stereocenters. The molecule has 5 nitrogen and oxygen atoms in total. The maximum atomic E-state index is 12.2. The van der Waals surface area contributed by atoms with E-state index < -0.39 is 18.2 Å². The number of hydrogen-bond acceptors (Lipinski definition) is 4. The molecule has 1 amide bonds. The summed E-state index contributed by atoms with van der Waals surface area (Å²) in [5.41, 5.74) is 0. The third kappa shape index (κ3) is 21.4. The van der Waals surface area contributed by atoms with Gasteiger partial charge in [0.2, 0.25) is 5.91 Å². The molecule has 4 N–H and O–H groups in total. The van der Waals surface area contributed by atoms with E-state index in [1.165, 1.54) is 57.8 Å². The van der Waals surface area contributed by atoms with E-state index in [9.17, 15) is 20.1 Å². The SMILES string of the molecule is CCCC/C=C\CCCCCC(O)CC(=O)NC(CO)C(O)/C=C/CCCCCCCCCC. The van der Waals surface area contributed by atoms with E-state index in [1.54, 1.807) is 6.08 Å². The summed E-state index contributed by atoms with van der Waals surface area (Å²) in [5.74, 6) is -0.332. The first-order valence-corrected chi connectivity index (χ1v) is 14.1. The molecular formula is C29H55NO4. The lowest BCUT2D eigenvalue weighted by molar-refractivity contribution is -0.124. The van der Waals surface area contributed by atoms with Crippen molar-refractivity contribution in [1.82, 2.24) is 5.32 Å². The Hall–Kier alpha value is -1.17. The highest BCUT2D eigenvalue weighted by Gasteiger charge is 2.19. The smallest absolute Gasteiger partial charge is 0.222 e. The number of unbranched alkanes of at least 4 members (excludes halogenated alkanes) is 13. The Balaban J connectivity index is 3.90. The summed E-state index contributed by atoms with van der Waals surface area (Å²) in [6, 6.07) is -0.742. The van der Waals surface area contributed by atoms with Gasteiger partial charge in [0.05, 0.1) is 31.3 Å². The van der Waals surface area contributed by atoms with Gasteiger partial charge in [0.1, 0.15) is 0 Å². The van der Waals surface area contributed by atoms with Gasteiger partial charge in [-0.15, -0.1) is 0 Å². The zero-order valence-electron chi connectivity index (χ0n) is 22.2. The molecule has 3 atom stereocenters. The average molecular weight is 482 g/mol. The maximum Gasteiger partial charge on any atom is 0.222 e. The molecular weight excluding hydrogens is 426 g/mol. The van der Waals surface area contributed by atoms with Crippen LogP contribution in [0.5, 0.6) is 0 Å². The molecule has 0 aromatic rings. The molecule has 0 rings (SSSR count). The summed E-state index contributed by atoms with van der Waals surface area (Å²) in [6.07, 6.45) is 25.8. The Kier molecular flexibility index (Phi) is 24.1. The second-order valence-corrected chi connectivity index (χ2v) is 9.65. The zero-order valence-corrected chi connectivity index (χ0v) is 22.2. The minimum atomic E-state index is -0.925. The topological polar surface area (TPSA) is 89.8 Å². The lowest BCUT2D eigenvalue weighted by atomic mass is 10.0. The van der Waals surface area contributed by atoms with Crippen LogP contribution in [0.15, 0.2) is 24.3 Å². The largest absolute Gasteiger partial charge is 0.394 e. The number of hydrogen-bond donors (Lipinski definition) is 4. The molecule has 0 aliphatic carbocycles. The molecule has 0 heterocycles. The van der Waals surface area contributed by atoms with Crippen LogP contribution in [0.3, 0.4) is 0 Å². The molecule has 0 aromatic heterocycles. The van der Waals surface area contributed by atoms with Crippen molar-refractivity contribution in [3.63, 3.8) is 0 Å². The van der Waals surface area contributed by atoms with Gasteiger partial charge in [-0.1, -0.05) is 109 Å². The minimum Gasteiger partial charge on any atom is -0.394 e. The minimum absolute atomic E-state index is 0.00209. The number of aliphatic hydroxyl groups excluding tert-OH is 3. The average Bonchev–Trinajstić information content (AvgIpc) is 2.82. The second kappa shape index (κ2) is 24.9. The van der Waals surface area contributed by atoms with E-state index in [0.717, 1.165) is 44.9 Å². The molecule has 34 heavy (non-hydrogen) atoms. The molecule has 0 bridgehead atoms. The van der Waals surface area contributed by atoms with Crippen molar-refractivity contribution in [2.24, 2.45) is 0 Å². The van der Waals surface area contributed by atoms with Crippen LogP contribution in [-0.2, 0) is 4.79 Å². The van der Waals surface area contributed by atoms with Gasteiger partial charge >= 0.3 is 0 Å². The van der Waals surface area contributed by atoms with E-state index in [1.807, 2.05) is 6.08 Å².